The number of likely N-dealkylation sites (tertiary alicyclic amines) is 1. The summed E-state index contributed by atoms with van der Waals surface area (Å²) >= 11 is 5.85. The van der Waals surface area contributed by atoms with Crippen LogP contribution in [0.15, 0.2) is 29.2 Å². The van der Waals surface area contributed by atoms with Crippen molar-refractivity contribution in [3.63, 3.8) is 0 Å². The molecule has 2 aliphatic heterocycles. The molecule has 0 spiro atoms. The van der Waals surface area contributed by atoms with Crippen LogP contribution in [0.4, 0.5) is 0 Å². The number of amides is 2. The molecule has 172 valence electrons. The van der Waals surface area contributed by atoms with E-state index >= 15 is 0 Å². The highest BCUT2D eigenvalue weighted by atomic mass is 35.5. The van der Waals surface area contributed by atoms with Crippen molar-refractivity contribution in [2.24, 2.45) is 11.8 Å². The van der Waals surface area contributed by atoms with Gasteiger partial charge in [-0.25, -0.2) is 8.42 Å². The van der Waals surface area contributed by atoms with E-state index in [1.54, 1.807) is 12.1 Å². The van der Waals surface area contributed by atoms with Crippen LogP contribution in [-0.2, 0) is 19.6 Å². The molecule has 31 heavy (non-hydrogen) atoms. The quantitative estimate of drug-likeness (QED) is 0.694. The van der Waals surface area contributed by atoms with E-state index in [2.05, 4.69) is 5.32 Å². The zero-order valence-electron chi connectivity index (χ0n) is 18.2. The van der Waals surface area contributed by atoms with Gasteiger partial charge in [0.05, 0.1) is 4.90 Å². The van der Waals surface area contributed by atoms with Crippen molar-refractivity contribution >= 4 is 33.4 Å². The van der Waals surface area contributed by atoms with Gasteiger partial charge in [-0.1, -0.05) is 25.4 Å². The zero-order valence-corrected chi connectivity index (χ0v) is 19.8. The number of nitrogens with one attached hydrogen (secondary N) is 1. The van der Waals surface area contributed by atoms with Crippen LogP contribution < -0.4 is 5.32 Å². The van der Waals surface area contributed by atoms with Gasteiger partial charge >= 0.3 is 0 Å². The van der Waals surface area contributed by atoms with Crippen molar-refractivity contribution in [3.05, 3.63) is 29.3 Å². The Balaban J connectivity index is 1.45. The summed E-state index contributed by atoms with van der Waals surface area (Å²) in [6, 6.07) is 6.22. The molecule has 2 fully saturated rings. The van der Waals surface area contributed by atoms with Gasteiger partial charge in [0.15, 0.2) is 0 Å². The van der Waals surface area contributed by atoms with Gasteiger partial charge in [-0.3, -0.25) is 9.59 Å². The first kappa shape index (κ1) is 24.0. The van der Waals surface area contributed by atoms with E-state index in [1.807, 2.05) is 18.7 Å². The number of nitrogens with zero attached hydrogens (tertiary/aromatic N) is 2. The summed E-state index contributed by atoms with van der Waals surface area (Å²) in [6.45, 7) is 6.08. The fraction of sp³-hybridized carbons (Fsp3) is 0.636. The second-order valence-electron chi connectivity index (χ2n) is 8.89. The summed E-state index contributed by atoms with van der Waals surface area (Å²) in [4.78, 5) is 27.0. The number of hydrogen-bond acceptors (Lipinski definition) is 4. The zero-order chi connectivity index (χ0) is 22.6. The summed E-state index contributed by atoms with van der Waals surface area (Å²) < 4.78 is 27.0. The monoisotopic (exact) mass is 469 g/mol. The first-order valence-electron chi connectivity index (χ1n) is 11.0. The largest absolute Gasteiger partial charge is 0.353 e. The lowest BCUT2D eigenvalue weighted by Crippen LogP contribution is -2.49. The van der Waals surface area contributed by atoms with Crippen LogP contribution in [0.3, 0.4) is 0 Å². The molecule has 9 heteroatoms. The molecule has 0 radical (unpaired) electrons. The highest BCUT2D eigenvalue weighted by Gasteiger charge is 2.33. The maximum Gasteiger partial charge on any atom is 0.243 e. The number of carbonyl (C=O) groups is 2. The molecule has 1 aromatic rings. The Hall–Kier alpha value is -1.64. The molecule has 1 aromatic carbocycles. The number of sulfonamides is 1. The van der Waals surface area contributed by atoms with Gasteiger partial charge in [-0.15, -0.1) is 0 Å². The minimum Gasteiger partial charge on any atom is -0.353 e. The minimum absolute atomic E-state index is 0.00417. The molecule has 0 atom stereocenters. The van der Waals surface area contributed by atoms with Crippen LogP contribution in [0.5, 0.6) is 0 Å². The topological polar surface area (TPSA) is 86.8 Å². The number of halogens is 1. The average Bonchev–Trinajstić information content (AvgIpc) is 2.74. The maximum absolute atomic E-state index is 12.8. The van der Waals surface area contributed by atoms with Gasteiger partial charge in [0.1, 0.15) is 0 Å². The lowest BCUT2D eigenvalue weighted by atomic mass is 9.95. The molecular weight excluding hydrogens is 438 g/mol. The second kappa shape index (κ2) is 10.3. The Bertz CT molecular complexity index is 873. The van der Waals surface area contributed by atoms with Crippen LogP contribution in [-0.4, -0.2) is 61.7 Å². The summed E-state index contributed by atoms with van der Waals surface area (Å²) in [7, 11) is -3.57. The van der Waals surface area contributed by atoms with Crippen molar-refractivity contribution in [2.75, 3.05) is 26.2 Å². The molecule has 7 nitrogen and oxygen atoms in total. The number of hydrogen-bond donors (Lipinski definition) is 1. The first-order valence-corrected chi connectivity index (χ1v) is 12.8. The van der Waals surface area contributed by atoms with Crippen molar-refractivity contribution in [1.29, 1.82) is 0 Å². The molecule has 0 aliphatic carbocycles. The van der Waals surface area contributed by atoms with Gasteiger partial charge in [0, 0.05) is 49.6 Å². The van der Waals surface area contributed by atoms with E-state index < -0.39 is 10.0 Å². The van der Waals surface area contributed by atoms with Gasteiger partial charge in [0.25, 0.3) is 0 Å². The third-order valence-electron chi connectivity index (χ3n) is 6.05. The van der Waals surface area contributed by atoms with Crippen molar-refractivity contribution < 1.29 is 18.0 Å². The molecule has 0 saturated carbocycles. The second-order valence-corrected chi connectivity index (χ2v) is 11.3. The van der Waals surface area contributed by atoms with E-state index in [4.69, 9.17) is 11.6 Å². The van der Waals surface area contributed by atoms with E-state index in [0.29, 0.717) is 56.4 Å². The molecule has 2 aliphatic rings. The van der Waals surface area contributed by atoms with E-state index in [1.165, 1.54) is 16.4 Å². The first-order chi connectivity index (χ1) is 14.7. The maximum atomic E-state index is 12.8. The SMILES string of the molecule is CC(C)CC(=O)N1CCC(NC(=O)C2CCN(S(=O)(=O)c3ccc(Cl)cc3)CC2)CC1. The standard InChI is InChI=1S/C22H32ClN3O4S/c1-16(2)15-21(27)25-11-9-19(10-12-25)24-22(28)17-7-13-26(14-8-17)31(29,30)20-5-3-18(23)4-6-20/h3-6,16-17,19H,7-15H2,1-2H3,(H,24,28). The third kappa shape index (κ3) is 6.20. The summed E-state index contributed by atoms with van der Waals surface area (Å²) in [5.41, 5.74) is 0. The fourth-order valence-electron chi connectivity index (χ4n) is 4.18. The van der Waals surface area contributed by atoms with Gasteiger partial charge in [-0.05, 0) is 55.9 Å². The summed E-state index contributed by atoms with van der Waals surface area (Å²) in [5, 5.41) is 3.61. The van der Waals surface area contributed by atoms with Gasteiger partial charge in [0.2, 0.25) is 21.8 Å². The molecular formula is C22H32ClN3O4S. The normalized spacial score (nSPS) is 19.5. The fourth-order valence-corrected chi connectivity index (χ4v) is 5.78. The molecule has 3 rings (SSSR count). The summed E-state index contributed by atoms with van der Waals surface area (Å²) in [5.74, 6) is 0.348. The molecule has 1 N–H and O–H groups in total. The number of piperidine rings is 2. The molecule has 2 saturated heterocycles. The predicted octanol–water partition coefficient (Wildman–Crippen LogP) is 2.89. The summed E-state index contributed by atoms with van der Waals surface area (Å²) in [6.07, 6.45) is 3.10. The smallest absolute Gasteiger partial charge is 0.243 e. The minimum atomic E-state index is -3.57. The Morgan fingerprint density at radius 2 is 1.61 bits per heavy atom. The van der Waals surface area contributed by atoms with Crippen LogP contribution in [0.1, 0.15) is 46.0 Å². The molecule has 0 aromatic heterocycles. The van der Waals surface area contributed by atoms with Crippen LogP contribution in [0.2, 0.25) is 5.02 Å². The van der Waals surface area contributed by atoms with E-state index in [-0.39, 0.29) is 28.7 Å². The number of benzene rings is 1. The van der Waals surface area contributed by atoms with Crippen molar-refractivity contribution in [1.82, 2.24) is 14.5 Å². The highest BCUT2D eigenvalue weighted by molar-refractivity contribution is 7.89. The lowest BCUT2D eigenvalue weighted by Gasteiger charge is -2.35. The number of rotatable bonds is 6. The molecule has 0 unspecified atom stereocenters. The van der Waals surface area contributed by atoms with Crippen molar-refractivity contribution in [2.45, 2.75) is 56.9 Å². The van der Waals surface area contributed by atoms with Gasteiger partial charge < -0.3 is 10.2 Å². The van der Waals surface area contributed by atoms with E-state index in [9.17, 15) is 18.0 Å². The Labute approximate surface area is 190 Å². The highest BCUT2D eigenvalue weighted by Crippen LogP contribution is 2.25. The number of carbonyl (C=O) groups excluding carboxylic acids is 2. The Morgan fingerprint density at radius 1 is 1.03 bits per heavy atom. The molecule has 0 bridgehead atoms. The van der Waals surface area contributed by atoms with Crippen molar-refractivity contribution in [3.8, 4) is 0 Å². The van der Waals surface area contributed by atoms with Gasteiger partial charge in [-0.2, -0.15) is 4.31 Å². The molecule has 2 heterocycles. The third-order valence-corrected chi connectivity index (χ3v) is 8.22. The lowest BCUT2D eigenvalue weighted by molar-refractivity contribution is -0.133. The predicted molar refractivity (Wildman–Crippen MR) is 120 cm³/mol. The Morgan fingerprint density at radius 3 is 2.16 bits per heavy atom. The average molecular weight is 470 g/mol. The van der Waals surface area contributed by atoms with Crippen LogP contribution in [0, 0.1) is 11.8 Å². The van der Waals surface area contributed by atoms with Crippen LogP contribution in [0.25, 0.3) is 0 Å². The van der Waals surface area contributed by atoms with Crippen LogP contribution >= 0.6 is 11.6 Å². The Kier molecular flexibility index (Phi) is 7.99. The van der Waals surface area contributed by atoms with E-state index in [0.717, 1.165) is 12.8 Å². The molecule has 2 amide bonds.